The van der Waals surface area contributed by atoms with Crippen LogP contribution in [-0.2, 0) is 0 Å². The molecule has 0 spiro atoms. The molecule has 3 aromatic rings. The van der Waals surface area contributed by atoms with Crippen molar-refractivity contribution in [3.63, 3.8) is 0 Å². The van der Waals surface area contributed by atoms with Crippen LogP contribution in [0, 0.1) is 0 Å². The van der Waals surface area contributed by atoms with Crippen LogP contribution in [0.15, 0.2) is 42.9 Å². The molecule has 3 aromatic heterocycles. The normalized spacial score (nSPS) is 10.7. The first-order valence-electron chi connectivity index (χ1n) is 5.24. The molecule has 0 aliphatic carbocycles. The first-order chi connectivity index (χ1) is 8.74. The fourth-order valence-corrected chi connectivity index (χ4v) is 1.65. The van der Waals surface area contributed by atoms with E-state index < -0.39 is 5.97 Å². The Bertz CT molecular complexity index is 721. The maximum absolute atomic E-state index is 10.8. The lowest BCUT2D eigenvalue weighted by molar-refractivity contribution is 0.0691. The van der Waals surface area contributed by atoms with Gasteiger partial charge in [0.1, 0.15) is 0 Å². The highest BCUT2D eigenvalue weighted by atomic mass is 16.4. The Kier molecular flexibility index (Phi) is 2.26. The predicted octanol–water partition coefficient (Wildman–Crippen LogP) is 1.49. The first-order valence-corrected chi connectivity index (χ1v) is 5.24. The van der Waals surface area contributed by atoms with Gasteiger partial charge in [0, 0.05) is 18.0 Å². The van der Waals surface area contributed by atoms with Crippen LogP contribution in [-0.4, -0.2) is 30.7 Å². The number of hydrogen-bond acceptors (Lipinski definition) is 4. The number of imidazole rings is 1. The van der Waals surface area contributed by atoms with Crippen LogP contribution in [0.1, 0.15) is 10.5 Å². The number of hydrogen-bond donors (Lipinski definition) is 1. The standard InChI is InChI=1S/C12H8N4O2/c17-12(18)10-7-16-11(14-10)4-3-9(15-16)8-2-1-5-13-6-8/h1-7H,(H,17,18). The number of nitrogens with zero attached hydrogens (tertiary/aromatic N) is 4. The number of aromatic nitrogens is 4. The molecule has 0 bridgehead atoms. The average molecular weight is 240 g/mol. The smallest absolute Gasteiger partial charge is 0.356 e. The monoisotopic (exact) mass is 240 g/mol. The lowest BCUT2D eigenvalue weighted by atomic mass is 10.2. The van der Waals surface area contributed by atoms with Crippen molar-refractivity contribution in [2.24, 2.45) is 0 Å². The lowest BCUT2D eigenvalue weighted by Gasteiger charge is -1.99. The minimum atomic E-state index is -1.07. The summed E-state index contributed by atoms with van der Waals surface area (Å²) in [6, 6.07) is 7.21. The molecular weight excluding hydrogens is 232 g/mol. The Morgan fingerprint density at radius 1 is 1.28 bits per heavy atom. The van der Waals surface area contributed by atoms with Gasteiger partial charge in [-0.3, -0.25) is 4.98 Å². The van der Waals surface area contributed by atoms with Crippen molar-refractivity contribution >= 4 is 11.6 Å². The summed E-state index contributed by atoms with van der Waals surface area (Å²) >= 11 is 0. The fraction of sp³-hybridized carbons (Fsp3) is 0. The zero-order chi connectivity index (χ0) is 12.5. The van der Waals surface area contributed by atoms with E-state index in [2.05, 4.69) is 15.1 Å². The Morgan fingerprint density at radius 2 is 2.17 bits per heavy atom. The largest absolute Gasteiger partial charge is 0.476 e. The number of fused-ring (bicyclic) bond motifs is 1. The van der Waals surface area contributed by atoms with Gasteiger partial charge in [0.05, 0.1) is 11.9 Å². The molecule has 6 heteroatoms. The van der Waals surface area contributed by atoms with E-state index in [0.29, 0.717) is 11.3 Å². The van der Waals surface area contributed by atoms with Crippen LogP contribution in [0.5, 0.6) is 0 Å². The number of pyridine rings is 1. The van der Waals surface area contributed by atoms with Gasteiger partial charge in [0.15, 0.2) is 11.3 Å². The number of carboxylic acid groups (broad SMARTS) is 1. The van der Waals surface area contributed by atoms with Crippen LogP contribution in [0.4, 0.5) is 0 Å². The third-order valence-electron chi connectivity index (χ3n) is 2.50. The third-order valence-corrected chi connectivity index (χ3v) is 2.50. The van der Waals surface area contributed by atoms with E-state index in [1.807, 2.05) is 12.1 Å². The summed E-state index contributed by atoms with van der Waals surface area (Å²) in [6.07, 6.45) is 4.77. The molecule has 0 radical (unpaired) electrons. The van der Waals surface area contributed by atoms with Gasteiger partial charge in [0.25, 0.3) is 0 Å². The van der Waals surface area contributed by atoms with Crippen molar-refractivity contribution in [1.82, 2.24) is 19.6 Å². The van der Waals surface area contributed by atoms with E-state index in [4.69, 9.17) is 5.11 Å². The molecule has 88 valence electrons. The molecule has 0 aliphatic rings. The van der Waals surface area contributed by atoms with Crippen molar-refractivity contribution in [2.75, 3.05) is 0 Å². The molecule has 3 heterocycles. The summed E-state index contributed by atoms with van der Waals surface area (Å²) in [4.78, 5) is 18.8. The van der Waals surface area contributed by atoms with Crippen molar-refractivity contribution in [3.05, 3.63) is 48.5 Å². The Hall–Kier alpha value is -2.76. The maximum Gasteiger partial charge on any atom is 0.356 e. The van der Waals surface area contributed by atoms with Crippen LogP contribution < -0.4 is 0 Å². The van der Waals surface area contributed by atoms with E-state index in [0.717, 1.165) is 5.56 Å². The molecule has 0 aromatic carbocycles. The summed E-state index contributed by atoms with van der Waals surface area (Å²) < 4.78 is 1.45. The Balaban J connectivity index is 2.14. The van der Waals surface area contributed by atoms with E-state index in [9.17, 15) is 4.79 Å². The van der Waals surface area contributed by atoms with Gasteiger partial charge in [0.2, 0.25) is 0 Å². The summed E-state index contributed by atoms with van der Waals surface area (Å²) in [5.41, 5.74) is 2.06. The minimum Gasteiger partial charge on any atom is -0.476 e. The van der Waals surface area contributed by atoms with Gasteiger partial charge < -0.3 is 5.11 Å². The van der Waals surface area contributed by atoms with Crippen LogP contribution >= 0.6 is 0 Å². The summed E-state index contributed by atoms with van der Waals surface area (Å²) in [7, 11) is 0. The second-order valence-electron chi connectivity index (χ2n) is 3.69. The fourth-order valence-electron chi connectivity index (χ4n) is 1.65. The zero-order valence-electron chi connectivity index (χ0n) is 9.19. The molecule has 0 aliphatic heterocycles. The molecular formula is C12H8N4O2. The maximum atomic E-state index is 10.8. The quantitative estimate of drug-likeness (QED) is 0.734. The first kappa shape index (κ1) is 10.4. The summed E-state index contributed by atoms with van der Waals surface area (Å²) in [6.45, 7) is 0. The van der Waals surface area contributed by atoms with Gasteiger partial charge >= 0.3 is 5.97 Å². The number of rotatable bonds is 2. The van der Waals surface area contributed by atoms with Crippen molar-refractivity contribution in [1.29, 1.82) is 0 Å². The molecule has 0 amide bonds. The van der Waals surface area contributed by atoms with Gasteiger partial charge in [-0.25, -0.2) is 14.3 Å². The van der Waals surface area contributed by atoms with Crippen molar-refractivity contribution < 1.29 is 9.90 Å². The minimum absolute atomic E-state index is 0.0224. The number of carbonyl (C=O) groups is 1. The predicted molar refractivity (Wildman–Crippen MR) is 63.2 cm³/mol. The third kappa shape index (κ3) is 1.69. The SMILES string of the molecule is O=C(O)c1cn2nc(-c3cccnc3)ccc2n1. The van der Waals surface area contributed by atoms with E-state index in [-0.39, 0.29) is 5.69 Å². The highest BCUT2D eigenvalue weighted by molar-refractivity contribution is 5.86. The molecule has 0 unspecified atom stereocenters. The van der Waals surface area contributed by atoms with Crippen LogP contribution in [0.3, 0.4) is 0 Å². The van der Waals surface area contributed by atoms with Crippen molar-refractivity contribution in [3.8, 4) is 11.3 Å². The number of aromatic carboxylic acids is 1. The zero-order valence-corrected chi connectivity index (χ0v) is 9.19. The van der Waals surface area contributed by atoms with E-state index in [1.165, 1.54) is 10.7 Å². The molecule has 3 rings (SSSR count). The second kappa shape index (κ2) is 3.92. The summed E-state index contributed by atoms with van der Waals surface area (Å²) in [5.74, 6) is -1.07. The van der Waals surface area contributed by atoms with Gasteiger partial charge in [-0.15, -0.1) is 0 Å². The lowest BCUT2D eigenvalue weighted by Crippen LogP contribution is -1.95. The van der Waals surface area contributed by atoms with Crippen molar-refractivity contribution in [2.45, 2.75) is 0 Å². The highest BCUT2D eigenvalue weighted by Crippen LogP contribution is 2.15. The van der Waals surface area contributed by atoms with Crippen LogP contribution in [0.25, 0.3) is 16.9 Å². The van der Waals surface area contributed by atoms with E-state index >= 15 is 0 Å². The van der Waals surface area contributed by atoms with Gasteiger partial charge in [-0.1, -0.05) is 0 Å². The average Bonchev–Trinajstić information content (AvgIpc) is 2.82. The summed E-state index contributed by atoms with van der Waals surface area (Å²) in [5, 5.41) is 13.2. The Morgan fingerprint density at radius 3 is 2.89 bits per heavy atom. The molecule has 18 heavy (non-hydrogen) atoms. The van der Waals surface area contributed by atoms with Gasteiger partial charge in [-0.05, 0) is 24.3 Å². The molecule has 0 saturated heterocycles. The molecule has 0 atom stereocenters. The molecule has 0 saturated carbocycles. The second-order valence-corrected chi connectivity index (χ2v) is 3.69. The van der Waals surface area contributed by atoms with Gasteiger partial charge in [-0.2, -0.15) is 5.10 Å². The number of carboxylic acids is 1. The molecule has 1 N–H and O–H groups in total. The molecule has 6 nitrogen and oxygen atoms in total. The topological polar surface area (TPSA) is 80.4 Å². The van der Waals surface area contributed by atoms with Crippen LogP contribution in [0.2, 0.25) is 0 Å². The highest BCUT2D eigenvalue weighted by Gasteiger charge is 2.10. The Labute approximate surface area is 102 Å². The van der Waals surface area contributed by atoms with E-state index in [1.54, 1.807) is 24.5 Å². The molecule has 0 fully saturated rings.